The van der Waals surface area contributed by atoms with E-state index in [2.05, 4.69) is 216 Å². The van der Waals surface area contributed by atoms with E-state index < -0.39 is 91.2 Å². The molecule has 778 valence electrons. The summed E-state index contributed by atoms with van der Waals surface area (Å²) in [6.45, 7) is 86.0. The molecule has 0 spiro atoms. The van der Waals surface area contributed by atoms with Gasteiger partial charge in [0.05, 0.1) is 38.1 Å². The molecule has 1 fully saturated rings. The molecule has 23 heteroatoms. The third-order valence-electron chi connectivity index (χ3n) is 27.1. The van der Waals surface area contributed by atoms with Crippen LogP contribution in [0.4, 0.5) is 0 Å². The molecule has 1 aliphatic rings. The second-order valence-electron chi connectivity index (χ2n) is 50.2. The maximum absolute atomic E-state index is 9.34. The monoisotopic (exact) mass is 2020 g/mol. The molecule has 0 saturated carbocycles. The molecule has 1 saturated heterocycles. The van der Waals surface area contributed by atoms with Gasteiger partial charge in [0.2, 0.25) is 16.6 Å². The topological polar surface area (TPSA) is 125 Å². The molecule has 0 bridgehead atoms. The summed E-state index contributed by atoms with van der Waals surface area (Å²) in [6.07, 6.45) is 65.6. The van der Waals surface area contributed by atoms with Gasteiger partial charge < -0.3 is 55.0 Å². The van der Waals surface area contributed by atoms with Crippen LogP contribution < -0.4 is 0 Å². The van der Waals surface area contributed by atoms with Crippen molar-refractivity contribution in [1.82, 2.24) is 0 Å². The van der Waals surface area contributed by atoms with Crippen LogP contribution in [0, 0.1) is 29.6 Å². The van der Waals surface area contributed by atoms with Gasteiger partial charge in [0.1, 0.15) is 6.10 Å². The molecule has 130 heavy (non-hydrogen) atoms. The molecule has 0 amide bonds. The minimum Gasteiger partial charge on any atom is -0.550 e. The fourth-order valence-electron chi connectivity index (χ4n) is 19.4. The van der Waals surface area contributed by atoms with Crippen molar-refractivity contribution in [2.75, 3.05) is 85.9 Å². The van der Waals surface area contributed by atoms with Gasteiger partial charge in [-0.2, -0.15) is 0 Å². The maximum atomic E-state index is 9.34. The van der Waals surface area contributed by atoms with Crippen molar-refractivity contribution >= 4 is 103 Å². The molecular formula is C107H234O12Si11. The molecule has 0 aromatic rings. The van der Waals surface area contributed by atoms with E-state index in [9.17, 15) is 5.11 Å². The first-order chi connectivity index (χ1) is 61.1. The second-order valence-corrected chi connectivity index (χ2v) is 98.4. The summed E-state index contributed by atoms with van der Waals surface area (Å²) < 4.78 is 69.2. The van der Waals surface area contributed by atoms with Gasteiger partial charge in [0.15, 0.2) is 25.0 Å². The van der Waals surface area contributed by atoms with E-state index in [1.807, 2.05) is 0 Å². The van der Waals surface area contributed by atoms with Crippen LogP contribution in [0.25, 0.3) is 0 Å². The lowest BCUT2D eigenvalue weighted by Crippen LogP contribution is -2.38. The fourth-order valence-corrected chi connectivity index (χ4v) is 39.2. The first kappa shape index (κ1) is 131. The summed E-state index contributed by atoms with van der Waals surface area (Å²) in [6, 6.07) is 2.29. The molecule has 0 radical (unpaired) electrons. The number of ether oxygens (including phenoxy) is 4. The van der Waals surface area contributed by atoms with Gasteiger partial charge in [0.25, 0.3) is 17.3 Å². The van der Waals surface area contributed by atoms with Gasteiger partial charge in [-0.05, 0) is 240 Å². The number of unbranched alkanes of at least 4 members (excludes halogenated alkanes) is 32. The number of hydrogen-bond donors (Lipinski definition) is 1. The van der Waals surface area contributed by atoms with E-state index in [0.717, 1.165) is 152 Å². The summed E-state index contributed by atoms with van der Waals surface area (Å²) in [5.41, 5.74) is 3.33. The number of epoxide rings is 1. The molecule has 10 atom stereocenters. The van der Waals surface area contributed by atoms with Crippen molar-refractivity contribution in [2.45, 2.75) is 559 Å². The minimum atomic E-state index is -1.71. The Morgan fingerprint density at radius 3 is 0.923 bits per heavy atom. The number of aliphatic hydroxyl groups excluding tert-OH is 1. The first-order valence-corrected chi connectivity index (χ1v) is 90.7. The van der Waals surface area contributed by atoms with E-state index in [4.69, 9.17) is 49.9 Å². The van der Waals surface area contributed by atoms with Crippen LogP contribution in [-0.2, 0) is 49.9 Å². The number of rotatable bonds is 92. The Kier molecular flexibility index (Phi) is 77.2. The highest BCUT2D eigenvalue weighted by Crippen LogP contribution is 2.43. The Morgan fingerprint density at radius 1 is 0.292 bits per heavy atom. The highest BCUT2D eigenvalue weighted by atomic mass is 28.4. The van der Waals surface area contributed by atoms with Crippen LogP contribution in [0.2, 0.25) is 211 Å². The second kappa shape index (κ2) is 76.7. The largest absolute Gasteiger partial charge is 0.550 e. The maximum Gasteiger partial charge on any atom is 0.267 e. The zero-order chi connectivity index (χ0) is 97.9. The Bertz CT molecular complexity index is 2620. The van der Waals surface area contributed by atoms with Gasteiger partial charge in [0, 0.05) is 91.8 Å². The van der Waals surface area contributed by atoms with Gasteiger partial charge in [-0.15, -0.1) is 0 Å². The van der Waals surface area contributed by atoms with E-state index >= 15 is 0 Å². The highest BCUT2D eigenvalue weighted by Gasteiger charge is 2.39. The molecule has 12 nitrogen and oxygen atoms in total. The average molecular weight is 2020 g/mol. The van der Waals surface area contributed by atoms with E-state index in [1.54, 1.807) is 0 Å². The average Bonchev–Trinajstić information content (AvgIpc) is 1.06. The number of aliphatic hydroxyl groups is 1. The smallest absolute Gasteiger partial charge is 0.267 e. The molecule has 1 heterocycles. The Balaban J connectivity index is 0.00000271. The molecule has 0 aliphatic carbocycles. The van der Waals surface area contributed by atoms with E-state index in [0.29, 0.717) is 29.4 Å². The van der Waals surface area contributed by atoms with Crippen LogP contribution in [-0.4, -0.2) is 200 Å². The van der Waals surface area contributed by atoms with Crippen LogP contribution in [0.1, 0.15) is 342 Å². The van der Waals surface area contributed by atoms with Gasteiger partial charge in [-0.3, -0.25) is 0 Å². The Labute approximate surface area is 826 Å². The lowest BCUT2D eigenvalue weighted by Gasteiger charge is -2.37. The summed E-state index contributed by atoms with van der Waals surface area (Å²) in [4.78, 5) is 0. The van der Waals surface area contributed by atoms with Crippen LogP contribution in [0.5, 0.6) is 0 Å². The summed E-state index contributed by atoms with van der Waals surface area (Å²) in [5, 5.41) is 9.34. The first-order valence-electron chi connectivity index (χ1n) is 55.9. The third kappa shape index (κ3) is 81.5. The quantitative estimate of drug-likeness (QED) is 0.0354. The van der Waals surface area contributed by atoms with Crippen molar-refractivity contribution in [1.29, 1.82) is 0 Å². The Hall–Kier alpha value is 1.01. The van der Waals surface area contributed by atoms with Crippen LogP contribution >= 0.6 is 0 Å². The molecule has 1 rings (SSSR count). The fraction of sp³-hybridized carbons (Fsp3) is 0.981. The van der Waals surface area contributed by atoms with Crippen molar-refractivity contribution in [3.63, 3.8) is 0 Å². The molecule has 10 unspecified atom stereocenters. The predicted octanol–water partition coefficient (Wildman–Crippen LogP) is 34.5. The summed E-state index contributed by atoms with van der Waals surface area (Å²) in [7, 11) is -15.4. The summed E-state index contributed by atoms with van der Waals surface area (Å²) in [5.74, 6) is 7.62. The summed E-state index contributed by atoms with van der Waals surface area (Å²) >= 11 is 0. The highest BCUT2D eigenvalue weighted by molar-refractivity contribution is 6.79. The standard InChI is InChI=1S/C61H134O8Si7.C46H100O4Si4/c1-19-41-58(54-67-74(10,11)12)60(72(4,5)6)43-33-29-25-21-22-26-30-34-44-61(73(7,8)9)59(45-49-64-48-38-36-46-62)53-66-71(56-69-76(16,17)18)51-40-32-28-24-23-27-31-39-50-70(55-68-75(13,14)15)65-52-57(3)42-35-37-47-63-20-2;1-14-15-16-17-18-19-20-23-26-29-33-42(38-49-53(8,9)10)45(51(2,3)4)35-30-27-24-21-22-25-28-31-36-46(52(5,6)7)43(39-50-54(11,12)13)34-32-37-47-40-44-41-48-44/h55-62H,19-54H2,1-18H3;42-46H,14-41H2,1-13H3/b70-55-,71-56-;. The zero-order valence-corrected chi connectivity index (χ0v) is 105. The van der Waals surface area contributed by atoms with E-state index in [1.165, 1.54) is 283 Å². The Morgan fingerprint density at radius 2 is 0.592 bits per heavy atom. The predicted molar refractivity (Wildman–Crippen MR) is 606 cm³/mol. The normalized spacial score (nSPS) is 16.4. The van der Waals surface area contributed by atoms with Crippen LogP contribution in [0.15, 0.2) is 0 Å². The molecule has 1 N–H and O–H groups in total. The SMILES string of the molecule is CCCC(CO[Si](C)(C)C)C(CCCCCCCCCCC(C(CCOCCCCO)CO/[Si](=C\O[Si](C)(C)C)CCCCCCCCCC/[Si](=C/O[Si](C)(C)C)OCC(C)CCCCOCC)[Si](C)(C)C)[Si](C)(C)C.CCCCCCCCCCCCC(CO[Si](C)(C)C)C(CCCCCCCCCCC(C(CCCOCC1CO1)CO[Si](C)(C)C)[Si](C)(C)C)[Si](C)(C)C. The van der Waals surface area contributed by atoms with Crippen molar-refractivity contribution in [2.24, 2.45) is 29.6 Å². The third-order valence-corrected chi connectivity index (χ3v) is 47.8. The molecular weight excluding hydrogens is 1790 g/mol. The van der Waals surface area contributed by atoms with Gasteiger partial charge >= 0.3 is 0 Å². The van der Waals surface area contributed by atoms with Crippen molar-refractivity contribution in [3.05, 3.63) is 0 Å². The molecule has 0 aromatic heterocycles. The lowest BCUT2D eigenvalue weighted by atomic mass is 9.93. The minimum absolute atomic E-state index is 0.245. The van der Waals surface area contributed by atoms with Gasteiger partial charge in [-0.1, -0.05) is 343 Å². The van der Waals surface area contributed by atoms with Crippen molar-refractivity contribution in [3.8, 4) is 0 Å². The molecule has 0 aromatic carbocycles. The number of hydrogen-bond acceptors (Lipinski definition) is 12. The van der Waals surface area contributed by atoms with Crippen LogP contribution in [0.3, 0.4) is 0 Å². The molecule has 1 aliphatic heterocycles. The van der Waals surface area contributed by atoms with Gasteiger partial charge in [-0.25, -0.2) is 0 Å². The van der Waals surface area contributed by atoms with E-state index in [-0.39, 0.29) is 6.61 Å². The zero-order valence-electron chi connectivity index (χ0n) is 93.6. The lowest BCUT2D eigenvalue weighted by molar-refractivity contribution is 0.100. The van der Waals surface area contributed by atoms with Crippen molar-refractivity contribution < 1.29 is 55.0 Å².